The zero-order valence-electron chi connectivity index (χ0n) is 8.88. The molecule has 86 valence electrons. The molecule has 1 N–H and O–H groups in total. The molecular formula is C10H8ClN5O. The molecule has 0 saturated heterocycles. The quantitative estimate of drug-likeness (QED) is 0.495. The van der Waals surface area contributed by atoms with E-state index in [0.717, 1.165) is 0 Å². The van der Waals surface area contributed by atoms with Crippen LogP contribution < -0.4 is 5.56 Å². The first-order valence-electron chi connectivity index (χ1n) is 4.75. The molecule has 1 aromatic carbocycles. The Labute approximate surface area is 101 Å². The molecule has 0 saturated carbocycles. The van der Waals surface area contributed by atoms with Crippen LogP contribution in [0.4, 0.5) is 5.69 Å². The largest absolute Gasteiger partial charge is 0.268 e. The summed E-state index contributed by atoms with van der Waals surface area (Å²) < 4.78 is 1.54. The van der Waals surface area contributed by atoms with Crippen LogP contribution in [-0.2, 0) is 0 Å². The summed E-state index contributed by atoms with van der Waals surface area (Å²) in [6.45, 7) is 1.77. The van der Waals surface area contributed by atoms with Gasteiger partial charge in [0.15, 0.2) is 0 Å². The van der Waals surface area contributed by atoms with E-state index in [0.29, 0.717) is 22.1 Å². The van der Waals surface area contributed by atoms with Gasteiger partial charge in [0.05, 0.1) is 11.4 Å². The van der Waals surface area contributed by atoms with Gasteiger partial charge in [0, 0.05) is 21.7 Å². The van der Waals surface area contributed by atoms with Gasteiger partial charge in [-0.15, -0.1) is 0 Å². The van der Waals surface area contributed by atoms with E-state index in [2.05, 4.69) is 15.1 Å². The lowest BCUT2D eigenvalue weighted by atomic mass is 10.2. The number of H-pyrrole nitrogens is 1. The van der Waals surface area contributed by atoms with Gasteiger partial charge in [-0.25, -0.2) is 0 Å². The van der Waals surface area contributed by atoms with E-state index < -0.39 is 0 Å². The Balaban J connectivity index is 2.70. The maximum atomic E-state index is 11.2. The highest BCUT2D eigenvalue weighted by Gasteiger charge is 2.07. The lowest BCUT2D eigenvalue weighted by molar-refractivity contribution is 0.834. The van der Waals surface area contributed by atoms with Gasteiger partial charge in [-0.3, -0.25) is 14.6 Å². The second kappa shape index (κ2) is 4.37. The summed E-state index contributed by atoms with van der Waals surface area (Å²) in [7, 11) is 0. The Morgan fingerprint density at radius 3 is 2.82 bits per heavy atom. The van der Waals surface area contributed by atoms with Crippen molar-refractivity contribution in [1.29, 1.82) is 0 Å². The minimum Gasteiger partial charge on any atom is -0.268 e. The smallest absolute Gasteiger partial charge is 0.264 e. The molecule has 2 rings (SSSR count). The number of hydrogen-bond acceptors (Lipinski definition) is 2. The molecule has 0 aliphatic rings. The third kappa shape index (κ3) is 2.18. The van der Waals surface area contributed by atoms with Crippen LogP contribution >= 0.6 is 11.6 Å². The van der Waals surface area contributed by atoms with Gasteiger partial charge in [-0.1, -0.05) is 16.7 Å². The van der Waals surface area contributed by atoms with Gasteiger partial charge < -0.3 is 0 Å². The average Bonchev–Trinajstić information content (AvgIpc) is 2.59. The highest BCUT2D eigenvalue weighted by atomic mass is 35.5. The van der Waals surface area contributed by atoms with Crippen LogP contribution in [0.5, 0.6) is 0 Å². The van der Waals surface area contributed by atoms with Crippen molar-refractivity contribution in [3.05, 3.63) is 55.8 Å². The van der Waals surface area contributed by atoms with E-state index >= 15 is 0 Å². The molecule has 2 aromatic rings. The first kappa shape index (κ1) is 11.3. The van der Waals surface area contributed by atoms with Crippen LogP contribution in [0.1, 0.15) is 5.69 Å². The fourth-order valence-electron chi connectivity index (χ4n) is 1.55. The number of benzene rings is 1. The van der Waals surface area contributed by atoms with Crippen LogP contribution in [0.3, 0.4) is 0 Å². The molecule has 7 heteroatoms. The van der Waals surface area contributed by atoms with E-state index in [-0.39, 0.29) is 5.56 Å². The number of nitrogens with zero attached hydrogens (tertiary/aromatic N) is 4. The first-order chi connectivity index (χ1) is 8.11. The predicted molar refractivity (Wildman–Crippen MR) is 64.9 cm³/mol. The van der Waals surface area contributed by atoms with Gasteiger partial charge in [0.1, 0.15) is 0 Å². The Morgan fingerprint density at radius 2 is 2.24 bits per heavy atom. The highest BCUT2D eigenvalue weighted by Crippen LogP contribution is 2.27. The third-order valence-corrected chi connectivity index (χ3v) is 2.48. The van der Waals surface area contributed by atoms with Crippen LogP contribution in [0.15, 0.2) is 34.2 Å². The lowest BCUT2D eigenvalue weighted by Gasteiger charge is -2.08. The summed E-state index contributed by atoms with van der Waals surface area (Å²) in [5.74, 6) is 0. The number of rotatable bonds is 2. The first-order valence-corrected chi connectivity index (χ1v) is 5.13. The normalized spacial score (nSPS) is 10.0. The fraction of sp³-hybridized carbons (Fsp3) is 0.100. The molecule has 0 fully saturated rings. The van der Waals surface area contributed by atoms with Crippen molar-refractivity contribution in [2.45, 2.75) is 6.92 Å². The molecule has 0 amide bonds. The maximum absolute atomic E-state index is 11.2. The fourth-order valence-corrected chi connectivity index (χ4v) is 1.72. The number of aryl methyl sites for hydroxylation is 1. The minimum atomic E-state index is -0.218. The molecule has 0 unspecified atom stereocenters. The molecule has 0 aliphatic heterocycles. The van der Waals surface area contributed by atoms with Crippen molar-refractivity contribution in [3.63, 3.8) is 0 Å². The summed E-state index contributed by atoms with van der Waals surface area (Å²) in [6, 6.07) is 6.32. The van der Waals surface area contributed by atoms with Crippen LogP contribution in [-0.4, -0.2) is 9.78 Å². The summed E-state index contributed by atoms with van der Waals surface area (Å²) in [5.41, 5.74) is 9.92. The Kier molecular flexibility index (Phi) is 2.91. The van der Waals surface area contributed by atoms with Gasteiger partial charge >= 0.3 is 0 Å². The number of aromatic nitrogens is 2. The average molecular weight is 250 g/mol. The summed E-state index contributed by atoms with van der Waals surface area (Å²) >= 11 is 5.82. The maximum Gasteiger partial charge on any atom is 0.264 e. The summed E-state index contributed by atoms with van der Waals surface area (Å²) in [6.07, 6.45) is 0. The van der Waals surface area contributed by atoms with E-state index in [1.807, 2.05) is 0 Å². The van der Waals surface area contributed by atoms with Crippen LogP contribution in [0.2, 0.25) is 5.02 Å². The predicted octanol–water partition coefficient (Wildman–Crippen LogP) is 3.07. The Hall–Kier alpha value is -2.17. The molecule has 0 bridgehead atoms. The van der Waals surface area contributed by atoms with Gasteiger partial charge in [0.25, 0.3) is 5.56 Å². The molecule has 6 nitrogen and oxygen atoms in total. The molecule has 1 aromatic heterocycles. The van der Waals surface area contributed by atoms with E-state index in [1.54, 1.807) is 23.7 Å². The van der Waals surface area contributed by atoms with E-state index in [1.165, 1.54) is 12.1 Å². The Bertz CT molecular complexity index is 666. The topological polar surface area (TPSA) is 86.5 Å². The van der Waals surface area contributed by atoms with Crippen LogP contribution in [0.25, 0.3) is 16.1 Å². The van der Waals surface area contributed by atoms with Crippen molar-refractivity contribution in [2.75, 3.05) is 0 Å². The van der Waals surface area contributed by atoms with Crippen molar-refractivity contribution in [1.82, 2.24) is 9.78 Å². The van der Waals surface area contributed by atoms with Crippen molar-refractivity contribution >= 4 is 17.3 Å². The van der Waals surface area contributed by atoms with Gasteiger partial charge in [-0.05, 0) is 30.7 Å². The van der Waals surface area contributed by atoms with E-state index in [4.69, 9.17) is 17.1 Å². The molecule has 0 spiro atoms. The van der Waals surface area contributed by atoms with Crippen molar-refractivity contribution in [2.24, 2.45) is 5.11 Å². The number of aromatic amines is 1. The number of hydrogen-bond donors (Lipinski definition) is 1. The molecule has 1 heterocycles. The molecule has 0 atom stereocenters. The molecule has 0 aliphatic carbocycles. The number of nitrogens with one attached hydrogen (secondary N) is 1. The minimum absolute atomic E-state index is 0.218. The zero-order chi connectivity index (χ0) is 12.4. The second-order valence-electron chi connectivity index (χ2n) is 3.42. The number of azide groups is 1. The number of halogens is 1. The summed E-state index contributed by atoms with van der Waals surface area (Å²) in [5, 5.41) is 6.62. The monoisotopic (exact) mass is 249 g/mol. The van der Waals surface area contributed by atoms with E-state index in [9.17, 15) is 4.79 Å². The third-order valence-electron chi connectivity index (χ3n) is 2.25. The lowest BCUT2D eigenvalue weighted by Crippen LogP contribution is -2.04. The van der Waals surface area contributed by atoms with Gasteiger partial charge in [-0.2, -0.15) is 0 Å². The molecule has 0 radical (unpaired) electrons. The highest BCUT2D eigenvalue weighted by molar-refractivity contribution is 6.30. The summed E-state index contributed by atoms with van der Waals surface area (Å²) in [4.78, 5) is 13.9. The van der Waals surface area contributed by atoms with Crippen LogP contribution in [0, 0.1) is 6.92 Å². The molecule has 17 heavy (non-hydrogen) atoms. The Morgan fingerprint density at radius 1 is 1.47 bits per heavy atom. The van der Waals surface area contributed by atoms with Crippen molar-refractivity contribution in [3.8, 4) is 5.69 Å². The zero-order valence-corrected chi connectivity index (χ0v) is 9.64. The standard InChI is InChI=1S/C10H8ClN5O/c1-6-4-10(17)14-16(6)9-3-2-7(11)5-8(9)13-15-12/h2-5H,1H3,(H,14,17). The van der Waals surface area contributed by atoms with Gasteiger partial charge in [0.2, 0.25) is 0 Å². The SMILES string of the molecule is Cc1cc(=O)[nH]n1-c1ccc(Cl)cc1N=[N+]=[N-]. The van der Waals surface area contributed by atoms with Crippen molar-refractivity contribution < 1.29 is 0 Å². The molecular weight excluding hydrogens is 242 g/mol. The second-order valence-corrected chi connectivity index (χ2v) is 3.86.